The highest BCUT2D eigenvalue weighted by Gasteiger charge is 2.29. The van der Waals surface area contributed by atoms with Gasteiger partial charge in [0.25, 0.3) is 11.9 Å². The molecule has 0 aliphatic carbocycles. The minimum absolute atomic E-state index is 0.0280. The van der Waals surface area contributed by atoms with Gasteiger partial charge in [0.2, 0.25) is 0 Å². The van der Waals surface area contributed by atoms with Gasteiger partial charge in [0, 0.05) is 29.9 Å². The van der Waals surface area contributed by atoms with Crippen LogP contribution < -0.4 is 10.1 Å². The van der Waals surface area contributed by atoms with Gasteiger partial charge in [-0.25, -0.2) is 9.37 Å². The van der Waals surface area contributed by atoms with Crippen molar-refractivity contribution in [1.29, 1.82) is 0 Å². The Labute approximate surface area is 196 Å². The molecule has 0 saturated heterocycles. The molecule has 4 aromatic rings. The number of aliphatic hydroxyl groups is 1. The van der Waals surface area contributed by atoms with Crippen molar-refractivity contribution in [2.24, 2.45) is 0 Å². The van der Waals surface area contributed by atoms with Gasteiger partial charge >= 0.3 is 0 Å². The molecule has 10 heteroatoms. The topological polar surface area (TPSA) is 87.8 Å². The van der Waals surface area contributed by atoms with Crippen LogP contribution in [0.4, 0.5) is 9.52 Å². The van der Waals surface area contributed by atoms with Crippen LogP contribution in [0.1, 0.15) is 15.3 Å². The molecule has 0 saturated carbocycles. The number of amides is 1. The summed E-state index contributed by atoms with van der Waals surface area (Å²) in [5.74, 6) is 0.314. The van der Waals surface area contributed by atoms with E-state index in [-0.39, 0.29) is 23.2 Å². The first-order valence-electron chi connectivity index (χ1n) is 9.92. The van der Waals surface area contributed by atoms with E-state index in [2.05, 4.69) is 10.3 Å². The number of rotatable bonds is 5. The van der Waals surface area contributed by atoms with Gasteiger partial charge in [0.05, 0.1) is 4.88 Å². The Morgan fingerprint density at radius 3 is 2.85 bits per heavy atom. The van der Waals surface area contributed by atoms with Crippen LogP contribution in [0, 0.1) is 12.7 Å². The van der Waals surface area contributed by atoms with Crippen LogP contribution in [0.3, 0.4) is 0 Å². The Morgan fingerprint density at radius 2 is 2.06 bits per heavy atom. The van der Waals surface area contributed by atoms with Crippen molar-refractivity contribution >= 4 is 39.5 Å². The Hall–Kier alpha value is -3.63. The molecule has 0 spiro atoms. The maximum atomic E-state index is 13.0. The lowest BCUT2D eigenvalue weighted by Gasteiger charge is -2.26. The first-order valence-corrected chi connectivity index (χ1v) is 11.6. The zero-order valence-electron chi connectivity index (χ0n) is 17.6. The SMILES string of the molecule is Cc1cc2c(s1)C(O)=C(C(=O)Nc1nc(-c3ccc(Oc4ccc(F)cc4)o3)cs1)N(C)C2. The minimum atomic E-state index is -0.438. The third-order valence-corrected chi connectivity index (χ3v) is 6.82. The summed E-state index contributed by atoms with van der Waals surface area (Å²) in [6, 6.07) is 11.0. The van der Waals surface area contributed by atoms with Gasteiger partial charge in [0.15, 0.2) is 16.7 Å². The fourth-order valence-corrected chi connectivity index (χ4v) is 5.19. The maximum absolute atomic E-state index is 13.0. The Kier molecular flexibility index (Phi) is 5.39. The number of furan rings is 1. The number of thiazole rings is 1. The normalized spacial score (nSPS) is 13.2. The molecule has 7 nitrogen and oxygen atoms in total. The van der Waals surface area contributed by atoms with Gasteiger partial charge in [-0.2, -0.15) is 0 Å². The number of aliphatic hydroxyl groups excluding tert-OH is 1. The summed E-state index contributed by atoms with van der Waals surface area (Å²) in [5, 5.41) is 15.6. The number of aryl methyl sites for hydroxylation is 1. The fraction of sp³-hybridized carbons (Fsp3) is 0.130. The van der Waals surface area contributed by atoms with E-state index in [4.69, 9.17) is 9.15 Å². The molecule has 0 radical (unpaired) electrons. The van der Waals surface area contributed by atoms with Gasteiger partial charge < -0.3 is 19.2 Å². The predicted octanol–water partition coefficient (Wildman–Crippen LogP) is 6.02. The second kappa shape index (κ2) is 8.38. The number of nitrogens with one attached hydrogen (secondary N) is 1. The second-order valence-electron chi connectivity index (χ2n) is 7.43. The van der Waals surface area contributed by atoms with Crippen molar-refractivity contribution in [3.63, 3.8) is 0 Å². The van der Waals surface area contributed by atoms with E-state index < -0.39 is 5.91 Å². The van der Waals surface area contributed by atoms with Gasteiger partial charge in [0.1, 0.15) is 23.0 Å². The quantitative estimate of drug-likeness (QED) is 0.361. The Bertz CT molecular complexity index is 1370. The third kappa shape index (κ3) is 4.22. The maximum Gasteiger partial charge on any atom is 0.290 e. The number of halogens is 1. The summed E-state index contributed by atoms with van der Waals surface area (Å²) < 4.78 is 24.3. The number of carbonyl (C=O) groups is 1. The highest BCUT2D eigenvalue weighted by atomic mass is 32.1. The molecule has 4 heterocycles. The zero-order chi connectivity index (χ0) is 23.1. The summed E-state index contributed by atoms with van der Waals surface area (Å²) in [4.78, 5) is 20.8. The monoisotopic (exact) mass is 483 g/mol. The molecule has 0 unspecified atom stereocenters. The van der Waals surface area contributed by atoms with E-state index in [0.717, 1.165) is 15.3 Å². The van der Waals surface area contributed by atoms with Crippen molar-refractivity contribution in [1.82, 2.24) is 9.88 Å². The molecule has 1 aliphatic heterocycles. The number of fused-ring (bicyclic) bond motifs is 1. The molecular weight excluding hydrogens is 465 g/mol. The lowest BCUT2D eigenvalue weighted by Crippen LogP contribution is -2.31. The van der Waals surface area contributed by atoms with Crippen LogP contribution in [-0.2, 0) is 11.3 Å². The molecule has 0 bridgehead atoms. The van der Waals surface area contributed by atoms with Gasteiger partial charge in [-0.1, -0.05) is 0 Å². The van der Waals surface area contributed by atoms with Crippen molar-refractivity contribution in [2.45, 2.75) is 13.5 Å². The number of carbonyl (C=O) groups excluding carboxylic acids is 1. The van der Waals surface area contributed by atoms with E-state index in [1.807, 2.05) is 13.0 Å². The standard InChI is InChI=1S/C23H18FN3O4S2/c1-12-9-13-10-27(2)19(20(28)21(13)33-12)22(29)26-23-25-16(11-32-23)17-7-8-18(31-17)30-15-5-3-14(24)4-6-15/h3-9,11,28H,10H2,1-2H3,(H,25,26,29). The smallest absolute Gasteiger partial charge is 0.290 e. The fourth-order valence-electron chi connectivity index (χ4n) is 3.52. The largest absolute Gasteiger partial charge is 0.504 e. The van der Waals surface area contributed by atoms with E-state index in [1.165, 1.54) is 46.9 Å². The molecule has 5 rings (SSSR count). The lowest BCUT2D eigenvalue weighted by molar-refractivity contribution is -0.114. The second-order valence-corrected chi connectivity index (χ2v) is 9.55. The number of aromatic nitrogens is 1. The number of anilines is 1. The lowest BCUT2D eigenvalue weighted by atomic mass is 10.1. The van der Waals surface area contributed by atoms with Gasteiger partial charge in [-0.05, 0) is 48.9 Å². The molecule has 33 heavy (non-hydrogen) atoms. The number of likely N-dealkylation sites (N-methyl/N-ethyl adjacent to an activating group) is 1. The predicted molar refractivity (Wildman–Crippen MR) is 125 cm³/mol. The first kappa shape index (κ1) is 21.2. The van der Waals surface area contributed by atoms with Crippen molar-refractivity contribution < 1.29 is 23.4 Å². The molecule has 1 aliphatic rings. The number of hydrogen-bond donors (Lipinski definition) is 2. The average molecular weight is 484 g/mol. The highest BCUT2D eigenvalue weighted by Crippen LogP contribution is 2.36. The van der Waals surface area contributed by atoms with Gasteiger partial charge in [-0.3, -0.25) is 10.1 Å². The number of thiophene rings is 1. The minimum Gasteiger partial charge on any atom is -0.504 e. The first-order chi connectivity index (χ1) is 15.9. The highest BCUT2D eigenvalue weighted by molar-refractivity contribution is 7.14. The molecule has 2 N–H and O–H groups in total. The van der Waals surface area contributed by atoms with E-state index in [9.17, 15) is 14.3 Å². The summed E-state index contributed by atoms with van der Waals surface area (Å²) in [6.45, 7) is 2.51. The van der Waals surface area contributed by atoms with Crippen LogP contribution in [-0.4, -0.2) is 27.9 Å². The van der Waals surface area contributed by atoms with E-state index in [1.54, 1.807) is 29.5 Å². The van der Waals surface area contributed by atoms with Crippen molar-refractivity contribution in [3.05, 3.63) is 74.7 Å². The number of hydrogen-bond acceptors (Lipinski definition) is 8. The van der Waals surface area contributed by atoms with Crippen LogP contribution in [0.2, 0.25) is 0 Å². The van der Waals surface area contributed by atoms with Gasteiger partial charge in [-0.15, -0.1) is 22.7 Å². The third-order valence-electron chi connectivity index (χ3n) is 4.97. The summed E-state index contributed by atoms with van der Waals surface area (Å²) >= 11 is 2.70. The van der Waals surface area contributed by atoms with E-state index in [0.29, 0.717) is 28.9 Å². The molecule has 1 aromatic carbocycles. The number of ether oxygens (including phenoxy) is 1. The summed E-state index contributed by atoms with van der Waals surface area (Å²) in [6.07, 6.45) is 0. The molecule has 1 amide bonds. The van der Waals surface area contributed by atoms with E-state index >= 15 is 0 Å². The molecule has 0 fully saturated rings. The molecule has 0 atom stereocenters. The summed E-state index contributed by atoms with van der Waals surface area (Å²) in [5.41, 5.74) is 1.73. The van der Waals surface area contributed by atoms with Crippen LogP contribution in [0.5, 0.6) is 11.7 Å². The van der Waals surface area contributed by atoms with Crippen molar-refractivity contribution in [3.8, 4) is 23.1 Å². The van der Waals surface area contributed by atoms with Crippen LogP contribution in [0.15, 0.2) is 58.0 Å². The van der Waals surface area contributed by atoms with Crippen LogP contribution >= 0.6 is 22.7 Å². The van der Waals surface area contributed by atoms with Crippen LogP contribution in [0.25, 0.3) is 17.2 Å². The Balaban J connectivity index is 1.31. The zero-order valence-corrected chi connectivity index (χ0v) is 19.2. The summed E-state index contributed by atoms with van der Waals surface area (Å²) in [7, 11) is 1.76. The molecule has 168 valence electrons. The number of benzene rings is 1. The molecule has 3 aromatic heterocycles. The molecular formula is C23H18FN3O4S2. The number of nitrogens with zero attached hydrogens (tertiary/aromatic N) is 2. The van der Waals surface area contributed by atoms with Crippen molar-refractivity contribution in [2.75, 3.05) is 12.4 Å². The average Bonchev–Trinajstić information content (AvgIpc) is 3.49. The Morgan fingerprint density at radius 1 is 1.27 bits per heavy atom.